The van der Waals surface area contributed by atoms with Crippen molar-refractivity contribution in [2.24, 2.45) is 5.92 Å². The lowest BCUT2D eigenvalue weighted by molar-refractivity contribution is 0.0374. The second-order valence-corrected chi connectivity index (χ2v) is 7.47. The fourth-order valence-corrected chi connectivity index (χ4v) is 4.04. The molecule has 146 valence electrons. The number of carboxylic acid groups (broad SMARTS) is 1. The highest BCUT2D eigenvalue weighted by molar-refractivity contribution is 7.17. The fourth-order valence-electron chi connectivity index (χ4n) is 3.25. The first-order valence-electron chi connectivity index (χ1n) is 8.35. The maximum absolute atomic E-state index is 13.8. The van der Waals surface area contributed by atoms with E-state index >= 15 is 0 Å². The van der Waals surface area contributed by atoms with Crippen LogP contribution in [0.3, 0.4) is 0 Å². The van der Waals surface area contributed by atoms with Gasteiger partial charge in [-0.25, -0.2) is 18.6 Å². The molecule has 27 heavy (non-hydrogen) atoms. The Balaban J connectivity index is 1.68. The van der Waals surface area contributed by atoms with Gasteiger partial charge < -0.3 is 19.7 Å². The number of carboxylic acids is 1. The summed E-state index contributed by atoms with van der Waals surface area (Å²) in [4.78, 5) is 32.1. The number of hydrogen-bond donors (Lipinski definition) is 2. The number of aryl methyl sites for hydroxylation is 1. The van der Waals surface area contributed by atoms with Gasteiger partial charge in [-0.3, -0.25) is 4.79 Å². The van der Waals surface area contributed by atoms with Crippen molar-refractivity contribution in [3.63, 3.8) is 0 Å². The van der Waals surface area contributed by atoms with E-state index in [1.165, 1.54) is 20.2 Å². The monoisotopic (exact) mass is 399 g/mol. The molecule has 0 aliphatic carbocycles. The molecule has 0 saturated carbocycles. The molecule has 3 heterocycles. The zero-order valence-electron chi connectivity index (χ0n) is 14.8. The molecule has 2 N–H and O–H groups in total. The normalized spacial score (nSPS) is 20.1. The Morgan fingerprint density at radius 1 is 1.44 bits per heavy atom. The fraction of sp³-hybridized carbons (Fsp3) is 0.471. The standard InChI is InChI=1S/C17H19F2N3O4S/c1-8-13(18)14(19)15(21-8)10(23)5-9-3-4-22(7-11(9)26-2)17-20-6-12(27-17)16(24)25/h6,9,11,21H,3-5,7H2,1-2H3,(H,24,25). The molecule has 3 rings (SSSR count). The van der Waals surface area contributed by atoms with Gasteiger partial charge in [0, 0.05) is 26.6 Å². The van der Waals surface area contributed by atoms with Crippen molar-refractivity contribution < 1.29 is 28.2 Å². The van der Waals surface area contributed by atoms with Gasteiger partial charge in [-0.2, -0.15) is 0 Å². The van der Waals surface area contributed by atoms with Gasteiger partial charge in [0.15, 0.2) is 22.5 Å². The number of ketones is 1. The molecule has 1 aliphatic rings. The molecule has 0 radical (unpaired) electrons. The number of thiazole rings is 1. The lowest BCUT2D eigenvalue weighted by Gasteiger charge is -2.37. The van der Waals surface area contributed by atoms with Crippen molar-refractivity contribution in [3.05, 3.63) is 34.1 Å². The van der Waals surface area contributed by atoms with E-state index in [1.54, 1.807) is 0 Å². The second kappa shape index (κ2) is 7.73. The van der Waals surface area contributed by atoms with Crippen molar-refractivity contribution in [1.82, 2.24) is 9.97 Å². The van der Waals surface area contributed by atoms with Gasteiger partial charge in [-0.1, -0.05) is 11.3 Å². The number of piperidine rings is 1. The van der Waals surface area contributed by atoms with Gasteiger partial charge in [-0.05, 0) is 19.3 Å². The van der Waals surface area contributed by atoms with Crippen LogP contribution in [0.5, 0.6) is 0 Å². The summed E-state index contributed by atoms with van der Waals surface area (Å²) in [6.07, 6.45) is 1.60. The minimum absolute atomic E-state index is 0.00744. The summed E-state index contributed by atoms with van der Waals surface area (Å²) < 4.78 is 32.8. The van der Waals surface area contributed by atoms with Crippen LogP contribution in [0.15, 0.2) is 6.20 Å². The van der Waals surface area contributed by atoms with E-state index < -0.39 is 23.4 Å². The number of carbonyl (C=O) groups is 2. The number of nitrogens with zero attached hydrogens (tertiary/aromatic N) is 2. The van der Waals surface area contributed by atoms with Gasteiger partial charge in [0.25, 0.3) is 0 Å². The summed E-state index contributed by atoms with van der Waals surface area (Å²) in [5.74, 6) is -3.87. The molecule has 2 aromatic rings. The summed E-state index contributed by atoms with van der Waals surface area (Å²) in [6, 6.07) is 0. The van der Waals surface area contributed by atoms with E-state index in [1.807, 2.05) is 4.90 Å². The molecule has 1 fully saturated rings. The Morgan fingerprint density at radius 2 is 2.19 bits per heavy atom. The number of carbonyl (C=O) groups excluding carboxylic acids is 1. The van der Waals surface area contributed by atoms with Crippen LogP contribution in [0.2, 0.25) is 0 Å². The highest BCUT2D eigenvalue weighted by atomic mass is 32.1. The molecule has 2 atom stereocenters. The van der Waals surface area contributed by atoms with Crippen LogP contribution in [0.4, 0.5) is 13.9 Å². The maximum Gasteiger partial charge on any atom is 0.347 e. The lowest BCUT2D eigenvalue weighted by atomic mass is 9.88. The summed E-state index contributed by atoms with van der Waals surface area (Å²) in [5, 5.41) is 9.59. The predicted octanol–water partition coefficient (Wildman–Crippen LogP) is 2.87. The number of H-pyrrole nitrogens is 1. The van der Waals surface area contributed by atoms with Gasteiger partial charge in [0.2, 0.25) is 0 Å². The average Bonchev–Trinajstić information content (AvgIpc) is 3.23. The number of rotatable bonds is 6. The SMILES string of the molecule is COC1CN(c2ncc(C(=O)O)s2)CCC1CC(=O)c1[nH]c(C)c(F)c1F. The zero-order valence-corrected chi connectivity index (χ0v) is 15.6. The Bertz CT molecular complexity index is 866. The van der Waals surface area contributed by atoms with Crippen LogP contribution in [0.25, 0.3) is 0 Å². The van der Waals surface area contributed by atoms with Crippen LogP contribution in [0.1, 0.15) is 38.7 Å². The summed E-state index contributed by atoms with van der Waals surface area (Å²) in [5.41, 5.74) is -0.347. The Morgan fingerprint density at radius 3 is 2.74 bits per heavy atom. The highest BCUT2D eigenvalue weighted by Gasteiger charge is 2.33. The Labute approximate surface area is 158 Å². The van der Waals surface area contributed by atoms with Crippen molar-refractivity contribution >= 4 is 28.2 Å². The maximum atomic E-state index is 13.8. The smallest absolute Gasteiger partial charge is 0.347 e. The first-order valence-corrected chi connectivity index (χ1v) is 9.17. The number of aromatic amines is 1. The van der Waals surface area contributed by atoms with E-state index in [9.17, 15) is 18.4 Å². The minimum atomic E-state index is -1.15. The van der Waals surface area contributed by atoms with Crippen molar-refractivity contribution in [1.29, 1.82) is 0 Å². The molecule has 0 bridgehead atoms. The van der Waals surface area contributed by atoms with Gasteiger partial charge in [-0.15, -0.1) is 0 Å². The van der Waals surface area contributed by atoms with Gasteiger partial charge in [0.05, 0.1) is 18.0 Å². The van der Waals surface area contributed by atoms with Crippen LogP contribution in [0, 0.1) is 24.5 Å². The largest absolute Gasteiger partial charge is 0.477 e. The van der Waals surface area contributed by atoms with Crippen molar-refractivity contribution in [2.75, 3.05) is 25.1 Å². The third kappa shape index (κ3) is 3.86. The quantitative estimate of drug-likeness (QED) is 0.726. The molecule has 0 spiro atoms. The number of aromatic nitrogens is 2. The highest BCUT2D eigenvalue weighted by Crippen LogP contribution is 2.31. The van der Waals surface area contributed by atoms with E-state index in [-0.39, 0.29) is 34.7 Å². The van der Waals surface area contributed by atoms with Gasteiger partial charge in [0.1, 0.15) is 10.6 Å². The number of aromatic carboxylic acids is 1. The molecule has 2 aromatic heterocycles. The molecule has 2 unspecified atom stereocenters. The number of hydrogen-bond acceptors (Lipinski definition) is 6. The molecule has 1 aliphatic heterocycles. The van der Waals surface area contributed by atoms with E-state index in [2.05, 4.69) is 9.97 Å². The van der Waals surface area contributed by atoms with Crippen LogP contribution in [-0.2, 0) is 4.74 Å². The zero-order chi connectivity index (χ0) is 19.7. The molecule has 0 amide bonds. The van der Waals surface area contributed by atoms with Crippen LogP contribution < -0.4 is 4.90 Å². The number of nitrogens with one attached hydrogen (secondary N) is 1. The number of Topliss-reactive ketones (excluding diaryl/α,β-unsaturated/α-hetero) is 1. The second-order valence-electron chi connectivity index (χ2n) is 6.46. The topological polar surface area (TPSA) is 95.5 Å². The van der Waals surface area contributed by atoms with E-state index in [4.69, 9.17) is 9.84 Å². The van der Waals surface area contributed by atoms with Crippen molar-refractivity contribution in [3.8, 4) is 0 Å². The molecule has 10 heteroatoms. The van der Waals surface area contributed by atoms with Gasteiger partial charge >= 0.3 is 5.97 Å². The summed E-state index contributed by atoms with van der Waals surface area (Å²) in [6.45, 7) is 2.36. The van der Waals surface area contributed by atoms with Crippen LogP contribution >= 0.6 is 11.3 Å². The number of anilines is 1. The van der Waals surface area contributed by atoms with E-state index in [0.717, 1.165) is 11.3 Å². The van der Waals surface area contributed by atoms with Crippen molar-refractivity contribution in [2.45, 2.75) is 25.9 Å². The van der Waals surface area contributed by atoms with Crippen LogP contribution in [-0.4, -0.2) is 53.1 Å². The third-order valence-electron chi connectivity index (χ3n) is 4.75. The number of halogens is 2. The molecule has 0 aromatic carbocycles. The predicted molar refractivity (Wildman–Crippen MR) is 94.6 cm³/mol. The Hall–Kier alpha value is -2.33. The number of ether oxygens (including phenoxy) is 1. The Kier molecular flexibility index (Phi) is 5.56. The first kappa shape index (κ1) is 19.4. The molecular weight excluding hydrogens is 380 g/mol. The third-order valence-corrected chi connectivity index (χ3v) is 5.80. The minimum Gasteiger partial charge on any atom is -0.477 e. The summed E-state index contributed by atoms with van der Waals surface area (Å²) >= 11 is 1.07. The average molecular weight is 399 g/mol. The molecule has 1 saturated heterocycles. The molecule has 7 nitrogen and oxygen atoms in total. The first-order chi connectivity index (χ1) is 12.8. The molecular formula is C17H19F2N3O4S. The number of methoxy groups -OCH3 is 1. The lowest BCUT2D eigenvalue weighted by Crippen LogP contribution is -2.45. The van der Waals surface area contributed by atoms with E-state index in [0.29, 0.717) is 24.6 Å². The summed E-state index contributed by atoms with van der Waals surface area (Å²) in [7, 11) is 1.52.